The summed E-state index contributed by atoms with van der Waals surface area (Å²) >= 11 is 18.6. The van der Waals surface area contributed by atoms with Gasteiger partial charge in [0, 0.05) is 22.2 Å². The Morgan fingerprint density at radius 2 is 1.78 bits per heavy atom. The lowest BCUT2D eigenvalue weighted by molar-refractivity contribution is 0.269. The summed E-state index contributed by atoms with van der Waals surface area (Å²) in [5.74, 6) is 1.83. The van der Waals surface area contributed by atoms with E-state index < -0.39 is 0 Å². The first-order chi connectivity index (χ1) is 12.9. The third kappa shape index (κ3) is 7.08. The van der Waals surface area contributed by atoms with Gasteiger partial charge in [-0.15, -0.1) is 0 Å². The molecule has 2 rings (SSSR count). The molecule has 148 valence electrons. The molecule has 0 aliphatic heterocycles. The van der Waals surface area contributed by atoms with E-state index >= 15 is 0 Å². The summed E-state index contributed by atoms with van der Waals surface area (Å²) in [6, 6.07) is 9.19. The number of nitrogens with one attached hydrogen (secondary N) is 1. The number of hydrogen-bond donors (Lipinski definition) is 1. The second kappa shape index (κ2) is 11.0. The van der Waals surface area contributed by atoms with Crippen molar-refractivity contribution in [3.05, 3.63) is 56.5 Å². The van der Waals surface area contributed by atoms with E-state index in [2.05, 4.69) is 19.2 Å². The second-order valence-electron chi connectivity index (χ2n) is 6.72. The molecule has 0 heterocycles. The van der Waals surface area contributed by atoms with Crippen LogP contribution in [-0.4, -0.2) is 13.2 Å². The Bertz CT molecular complexity index is 750. The van der Waals surface area contributed by atoms with E-state index in [9.17, 15) is 0 Å². The Hall–Kier alpha value is -1.13. The smallest absolute Gasteiger partial charge is 0.180 e. The molecule has 3 nitrogen and oxygen atoms in total. The standard InChI is InChI=1S/C21H26Cl3NO2/c1-4-26-20-10-15(12-25-8-7-14(2)3)9-19(24)21(20)27-13-16-5-6-17(22)11-18(16)23/h5-6,9-11,14,25H,4,7-8,12-13H2,1-3H3. The molecular formula is C21H26Cl3NO2. The highest BCUT2D eigenvalue weighted by Crippen LogP contribution is 2.37. The van der Waals surface area contributed by atoms with Crippen molar-refractivity contribution in [1.82, 2.24) is 5.32 Å². The van der Waals surface area contributed by atoms with E-state index in [-0.39, 0.29) is 6.61 Å². The van der Waals surface area contributed by atoms with Crippen LogP contribution in [0.5, 0.6) is 11.5 Å². The third-order valence-electron chi connectivity index (χ3n) is 3.98. The van der Waals surface area contributed by atoms with Crippen molar-refractivity contribution in [3.8, 4) is 11.5 Å². The Morgan fingerprint density at radius 3 is 2.44 bits per heavy atom. The van der Waals surface area contributed by atoms with Gasteiger partial charge in [-0.2, -0.15) is 0 Å². The van der Waals surface area contributed by atoms with E-state index in [4.69, 9.17) is 44.3 Å². The summed E-state index contributed by atoms with van der Waals surface area (Å²) in [5.41, 5.74) is 1.89. The molecule has 0 bridgehead atoms. The van der Waals surface area contributed by atoms with E-state index in [1.165, 1.54) is 0 Å². The highest BCUT2D eigenvalue weighted by Gasteiger charge is 2.14. The minimum absolute atomic E-state index is 0.280. The predicted octanol–water partition coefficient (Wildman–Crippen LogP) is 6.76. The van der Waals surface area contributed by atoms with E-state index in [1.54, 1.807) is 12.1 Å². The van der Waals surface area contributed by atoms with Crippen molar-refractivity contribution < 1.29 is 9.47 Å². The molecule has 27 heavy (non-hydrogen) atoms. The van der Waals surface area contributed by atoms with Crippen LogP contribution in [0.4, 0.5) is 0 Å². The summed E-state index contributed by atoms with van der Waals surface area (Å²) in [7, 11) is 0. The largest absolute Gasteiger partial charge is 0.490 e. The molecule has 0 aliphatic rings. The predicted molar refractivity (Wildman–Crippen MR) is 115 cm³/mol. The molecule has 0 spiro atoms. The number of benzene rings is 2. The quantitative estimate of drug-likeness (QED) is 0.422. The highest BCUT2D eigenvalue weighted by molar-refractivity contribution is 6.35. The monoisotopic (exact) mass is 429 g/mol. The molecule has 0 aromatic heterocycles. The summed E-state index contributed by atoms with van der Waals surface area (Å²) < 4.78 is 11.7. The molecule has 0 fully saturated rings. The van der Waals surface area contributed by atoms with Gasteiger partial charge in [0.2, 0.25) is 0 Å². The van der Waals surface area contributed by atoms with Crippen molar-refractivity contribution in [2.75, 3.05) is 13.2 Å². The first kappa shape index (κ1) is 22.2. The van der Waals surface area contributed by atoms with Crippen LogP contribution in [-0.2, 0) is 13.2 Å². The molecule has 0 amide bonds. The van der Waals surface area contributed by atoms with Gasteiger partial charge in [0.25, 0.3) is 0 Å². The van der Waals surface area contributed by atoms with Gasteiger partial charge in [0.15, 0.2) is 11.5 Å². The Balaban J connectivity index is 2.10. The zero-order chi connectivity index (χ0) is 19.8. The van der Waals surface area contributed by atoms with Crippen LogP contribution in [0.1, 0.15) is 38.3 Å². The van der Waals surface area contributed by atoms with E-state index in [0.29, 0.717) is 39.1 Å². The van der Waals surface area contributed by atoms with Crippen LogP contribution >= 0.6 is 34.8 Å². The fourth-order valence-corrected chi connectivity index (χ4v) is 3.29. The van der Waals surface area contributed by atoms with Crippen molar-refractivity contribution in [2.24, 2.45) is 5.92 Å². The first-order valence-corrected chi connectivity index (χ1v) is 10.3. The number of halogens is 3. The molecule has 2 aromatic carbocycles. The van der Waals surface area contributed by atoms with Gasteiger partial charge in [0.1, 0.15) is 6.61 Å². The van der Waals surface area contributed by atoms with Gasteiger partial charge >= 0.3 is 0 Å². The molecule has 0 saturated heterocycles. The van der Waals surface area contributed by atoms with Gasteiger partial charge in [-0.25, -0.2) is 0 Å². The van der Waals surface area contributed by atoms with Crippen molar-refractivity contribution in [1.29, 1.82) is 0 Å². The summed E-state index contributed by atoms with van der Waals surface area (Å²) in [5, 5.41) is 5.10. The molecule has 0 aliphatic carbocycles. The summed E-state index contributed by atoms with van der Waals surface area (Å²) in [6.45, 7) is 8.86. The summed E-state index contributed by atoms with van der Waals surface area (Å²) in [6.07, 6.45) is 1.13. The molecule has 0 unspecified atom stereocenters. The first-order valence-electron chi connectivity index (χ1n) is 9.13. The van der Waals surface area contributed by atoms with Crippen LogP contribution in [0.25, 0.3) is 0 Å². The Labute approximate surface area is 176 Å². The maximum Gasteiger partial charge on any atom is 0.180 e. The molecule has 6 heteroatoms. The van der Waals surface area contributed by atoms with Gasteiger partial charge in [0.05, 0.1) is 11.6 Å². The Morgan fingerprint density at radius 1 is 1.00 bits per heavy atom. The van der Waals surface area contributed by atoms with Crippen LogP contribution in [0.2, 0.25) is 15.1 Å². The third-order valence-corrected chi connectivity index (χ3v) is 4.85. The van der Waals surface area contributed by atoms with E-state index in [0.717, 1.165) is 30.6 Å². The lowest BCUT2D eigenvalue weighted by atomic mass is 10.1. The SMILES string of the molecule is CCOc1cc(CNCCC(C)C)cc(Cl)c1OCc1ccc(Cl)cc1Cl. The molecule has 0 radical (unpaired) electrons. The van der Waals surface area contributed by atoms with Crippen LogP contribution in [0, 0.1) is 5.92 Å². The number of ether oxygens (including phenoxy) is 2. The fraction of sp³-hybridized carbons (Fsp3) is 0.429. The molecule has 0 saturated carbocycles. The van der Waals surface area contributed by atoms with Gasteiger partial charge in [-0.1, -0.05) is 54.7 Å². The highest BCUT2D eigenvalue weighted by atomic mass is 35.5. The lowest BCUT2D eigenvalue weighted by Gasteiger charge is -2.16. The minimum Gasteiger partial charge on any atom is -0.490 e. The average molecular weight is 431 g/mol. The molecule has 1 N–H and O–H groups in total. The minimum atomic E-state index is 0.280. The molecule has 0 atom stereocenters. The van der Waals surface area contributed by atoms with Crippen molar-refractivity contribution >= 4 is 34.8 Å². The maximum atomic E-state index is 6.48. The maximum absolute atomic E-state index is 6.48. The zero-order valence-corrected chi connectivity index (χ0v) is 18.2. The topological polar surface area (TPSA) is 30.5 Å². The van der Waals surface area contributed by atoms with Crippen LogP contribution < -0.4 is 14.8 Å². The summed E-state index contributed by atoms with van der Waals surface area (Å²) in [4.78, 5) is 0. The normalized spacial score (nSPS) is 11.1. The van der Waals surface area contributed by atoms with Crippen LogP contribution in [0.15, 0.2) is 30.3 Å². The van der Waals surface area contributed by atoms with Gasteiger partial charge < -0.3 is 14.8 Å². The lowest BCUT2D eigenvalue weighted by Crippen LogP contribution is -2.16. The van der Waals surface area contributed by atoms with Crippen LogP contribution in [0.3, 0.4) is 0 Å². The zero-order valence-electron chi connectivity index (χ0n) is 16.0. The van der Waals surface area contributed by atoms with Crippen molar-refractivity contribution in [2.45, 2.75) is 40.3 Å². The Kier molecular flexibility index (Phi) is 9.04. The second-order valence-corrected chi connectivity index (χ2v) is 7.97. The molecule has 2 aromatic rings. The van der Waals surface area contributed by atoms with Crippen molar-refractivity contribution in [3.63, 3.8) is 0 Å². The molecular weight excluding hydrogens is 405 g/mol. The number of hydrogen-bond acceptors (Lipinski definition) is 3. The fourth-order valence-electron chi connectivity index (χ4n) is 2.54. The van der Waals surface area contributed by atoms with E-state index in [1.807, 2.05) is 25.1 Å². The average Bonchev–Trinajstić information content (AvgIpc) is 2.59. The number of rotatable bonds is 10. The van der Waals surface area contributed by atoms with Gasteiger partial charge in [-0.05, 0) is 55.6 Å². The van der Waals surface area contributed by atoms with Gasteiger partial charge in [-0.3, -0.25) is 0 Å².